The van der Waals surface area contributed by atoms with Crippen LogP contribution in [0.25, 0.3) is 0 Å². The van der Waals surface area contributed by atoms with Gasteiger partial charge in [-0.25, -0.2) is 4.79 Å². The fraction of sp³-hybridized carbons (Fsp3) is 0.263. The second-order valence-electron chi connectivity index (χ2n) is 5.43. The van der Waals surface area contributed by atoms with E-state index in [1.807, 2.05) is 31.2 Å². The molecule has 0 bridgehead atoms. The van der Waals surface area contributed by atoms with Crippen LogP contribution in [0, 0.1) is 6.92 Å². The Morgan fingerprint density at radius 3 is 2.64 bits per heavy atom. The minimum atomic E-state index is -1.07. The molecule has 0 saturated carbocycles. The van der Waals surface area contributed by atoms with Crippen LogP contribution < -0.4 is 14.8 Å². The molecule has 0 aliphatic rings. The molecule has 0 aliphatic heterocycles. The lowest BCUT2D eigenvalue weighted by Gasteiger charge is -2.10. The Bertz CT molecular complexity index is 729. The molecule has 2 N–H and O–H groups in total. The number of aryl methyl sites for hydroxylation is 1. The number of hydrogen-bond acceptors (Lipinski definition) is 4. The Labute approximate surface area is 146 Å². The van der Waals surface area contributed by atoms with Crippen LogP contribution in [0.1, 0.15) is 22.3 Å². The number of nitrogens with one attached hydrogen (secondary N) is 1. The van der Waals surface area contributed by atoms with E-state index in [1.165, 1.54) is 6.07 Å². The van der Waals surface area contributed by atoms with Crippen molar-refractivity contribution in [2.24, 2.45) is 0 Å². The summed E-state index contributed by atoms with van der Waals surface area (Å²) < 4.78 is 10.7. The Morgan fingerprint density at radius 1 is 1.08 bits per heavy atom. The quantitative estimate of drug-likeness (QED) is 0.684. The second kappa shape index (κ2) is 9.32. The Morgan fingerprint density at radius 2 is 1.88 bits per heavy atom. The summed E-state index contributed by atoms with van der Waals surface area (Å²) in [6.07, 6.45) is 0.676. The molecule has 1 amide bonds. The summed E-state index contributed by atoms with van der Waals surface area (Å²) in [6.45, 7) is 2.52. The largest absolute Gasteiger partial charge is 0.493 e. The van der Waals surface area contributed by atoms with Gasteiger partial charge in [-0.1, -0.05) is 24.3 Å². The molecule has 0 aliphatic carbocycles. The van der Waals surface area contributed by atoms with Gasteiger partial charge >= 0.3 is 5.97 Å². The van der Waals surface area contributed by atoms with E-state index in [4.69, 9.17) is 14.6 Å². The van der Waals surface area contributed by atoms with Gasteiger partial charge < -0.3 is 19.9 Å². The lowest BCUT2D eigenvalue weighted by atomic mass is 10.2. The van der Waals surface area contributed by atoms with Crippen molar-refractivity contribution >= 4 is 11.9 Å². The number of para-hydroxylation sites is 1. The highest BCUT2D eigenvalue weighted by molar-refractivity contribution is 5.94. The molecule has 2 aromatic rings. The molecule has 132 valence electrons. The third-order valence-electron chi connectivity index (χ3n) is 3.42. The maximum absolute atomic E-state index is 12.1. The minimum absolute atomic E-state index is 0.239. The van der Waals surface area contributed by atoms with Gasteiger partial charge in [-0.2, -0.15) is 0 Å². The van der Waals surface area contributed by atoms with E-state index in [-0.39, 0.29) is 5.91 Å². The van der Waals surface area contributed by atoms with E-state index in [0.717, 1.165) is 11.3 Å². The van der Waals surface area contributed by atoms with Crippen LogP contribution in [-0.2, 0) is 4.79 Å². The van der Waals surface area contributed by atoms with Gasteiger partial charge in [-0.15, -0.1) is 0 Å². The van der Waals surface area contributed by atoms with Gasteiger partial charge in [0.25, 0.3) is 5.91 Å². The first-order chi connectivity index (χ1) is 12.1. The van der Waals surface area contributed by atoms with Gasteiger partial charge in [0.2, 0.25) is 0 Å². The molecule has 0 radical (unpaired) electrons. The van der Waals surface area contributed by atoms with Gasteiger partial charge in [0.1, 0.15) is 11.5 Å². The molecule has 0 fully saturated rings. The average molecular weight is 343 g/mol. The molecule has 2 aromatic carbocycles. The number of carboxylic acid groups (broad SMARTS) is 1. The summed E-state index contributed by atoms with van der Waals surface area (Å²) in [6, 6.07) is 14.2. The van der Waals surface area contributed by atoms with Crippen molar-refractivity contribution < 1.29 is 24.2 Å². The predicted octanol–water partition coefficient (Wildman–Crippen LogP) is 2.66. The Hall–Kier alpha value is -3.02. The number of carboxylic acids is 1. The zero-order chi connectivity index (χ0) is 18.1. The molecule has 0 spiro atoms. The first-order valence-corrected chi connectivity index (χ1v) is 7.97. The fourth-order valence-electron chi connectivity index (χ4n) is 2.15. The SMILES string of the molecule is Cc1ccccc1OCCCNC(=O)c1cccc(OCC(=O)O)c1. The van der Waals surface area contributed by atoms with E-state index < -0.39 is 12.6 Å². The predicted molar refractivity (Wildman–Crippen MR) is 93.2 cm³/mol. The van der Waals surface area contributed by atoms with Crippen molar-refractivity contribution in [3.63, 3.8) is 0 Å². The van der Waals surface area contributed by atoms with Crippen molar-refractivity contribution in [3.8, 4) is 11.5 Å². The minimum Gasteiger partial charge on any atom is -0.493 e. The Kier molecular flexibility index (Phi) is 6.83. The third kappa shape index (κ3) is 6.18. The number of ether oxygens (including phenoxy) is 2. The molecular formula is C19H21NO5. The summed E-state index contributed by atoms with van der Waals surface area (Å²) in [5.41, 5.74) is 1.49. The van der Waals surface area contributed by atoms with Crippen LogP contribution >= 0.6 is 0 Å². The summed E-state index contributed by atoms with van der Waals surface area (Å²) in [4.78, 5) is 22.6. The number of carbonyl (C=O) groups excluding carboxylic acids is 1. The van der Waals surface area contributed by atoms with E-state index in [9.17, 15) is 9.59 Å². The number of benzene rings is 2. The van der Waals surface area contributed by atoms with Crippen molar-refractivity contribution in [2.75, 3.05) is 19.8 Å². The fourth-order valence-corrected chi connectivity index (χ4v) is 2.15. The van der Waals surface area contributed by atoms with Crippen LogP contribution in [0.4, 0.5) is 0 Å². The molecule has 25 heavy (non-hydrogen) atoms. The van der Waals surface area contributed by atoms with Crippen molar-refractivity contribution in [1.29, 1.82) is 0 Å². The summed E-state index contributed by atoms with van der Waals surface area (Å²) in [5.74, 6) is -0.116. The summed E-state index contributed by atoms with van der Waals surface area (Å²) in [7, 11) is 0. The van der Waals surface area contributed by atoms with Crippen LogP contribution in [0.2, 0.25) is 0 Å². The smallest absolute Gasteiger partial charge is 0.341 e. The van der Waals surface area contributed by atoms with Crippen LogP contribution in [0.3, 0.4) is 0 Å². The van der Waals surface area contributed by atoms with E-state index in [2.05, 4.69) is 5.32 Å². The topological polar surface area (TPSA) is 84.9 Å². The molecule has 0 aromatic heterocycles. The van der Waals surface area contributed by atoms with Crippen LogP contribution in [0.15, 0.2) is 48.5 Å². The van der Waals surface area contributed by atoms with Gasteiger partial charge in [-0.05, 0) is 43.2 Å². The van der Waals surface area contributed by atoms with Crippen molar-refractivity contribution in [3.05, 3.63) is 59.7 Å². The molecule has 0 saturated heterocycles. The number of carbonyl (C=O) groups is 2. The first kappa shape index (κ1) is 18.3. The molecule has 6 heteroatoms. The van der Waals surface area contributed by atoms with E-state index in [0.29, 0.717) is 30.9 Å². The normalized spacial score (nSPS) is 10.1. The number of hydrogen-bond donors (Lipinski definition) is 2. The summed E-state index contributed by atoms with van der Waals surface area (Å²) >= 11 is 0. The van der Waals surface area contributed by atoms with Crippen LogP contribution in [0.5, 0.6) is 11.5 Å². The van der Waals surface area contributed by atoms with E-state index >= 15 is 0 Å². The van der Waals surface area contributed by atoms with Crippen LogP contribution in [-0.4, -0.2) is 36.7 Å². The maximum atomic E-state index is 12.1. The Balaban J connectivity index is 1.74. The highest BCUT2D eigenvalue weighted by Crippen LogP contribution is 2.16. The zero-order valence-electron chi connectivity index (χ0n) is 14.0. The number of aliphatic carboxylic acids is 1. The summed E-state index contributed by atoms with van der Waals surface area (Å²) in [5, 5.41) is 11.4. The van der Waals surface area contributed by atoms with Crippen molar-refractivity contribution in [2.45, 2.75) is 13.3 Å². The molecule has 0 heterocycles. The standard InChI is InChI=1S/C19H21NO5/c1-14-6-2-3-9-17(14)24-11-5-10-20-19(23)15-7-4-8-16(12-15)25-13-18(21)22/h2-4,6-9,12H,5,10-11,13H2,1H3,(H,20,23)(H,21,22). The van der Waals surface area contributed by atoms with E-state index in [1.54, 1.807) is 18.2 Å². The van der Waals surface area contributed by atoms with Gasteiger partial charge in [-0.3, -0.25) is 4.79 Å². The number of amides is 1. The highest BCUT2D eigenvalue weighted by atomic mass is 16.5. The van der Waals surface area contributed by atoms with Gasteiger partial charge in [0, 0.05) is 12.1 Å². The van der Waals surface area contributed by atoms with Gasteiger partial charge in [0.05, 0.1) is 6.61 Å². The molecule has 6 nitrogen and oxygen atoms in total. The average Bonchev–Trinajstić information content (AvgIpc) is 2.61. The molecule has 0 atom stereocenters. The first-order valence-electron chi connectivity index (χ1n) is 7.97. The second-order valence-corrected chi connectivity index (χ2v) is 5.43. The van der Waals surface area contributed by atoms with Crippen molar-refractivity contribution in [1.82, 2.24) is 5.32 Å². The lowest BCUT2D eigenvalue weighted by molar-refractivity contribution is -0.139. The monoisotopic (exact) mass is 343 g/mol. The molecule has 2 rings (SSSR count). The highest BCUT2D eigenvalue weighted by Gasteiger charge is 2.07. The molecular weight excluding hydrogens is 322 g/mol. The number of rotatable bonds is 9. The lowest BCUT2D eigenvalue weighted by Crippen LogP contribution is -2.25. The van der Waals surface area contributed by atoms with Gasteiger partial charge in [0.15, 0.2) is 6.61 Å². The molecule has 0 unspecified atom stereocenters. The zero-order valence-corrected chi connectivity index (χ0v) is 14.0. The maximum Gasteiger partial charge on any atom is 0.341 e. The third-order valence-corrected chi connectivity index (χ3v) is 3.42.